The zero-order valence-electron chi connectivity index (χ0n) is 41.3. The first-order valence-electron chi connectivity index (χ1n) is 23.6. The number of alkyl carbamates (subject to hydrolysis) is 1. The summed E-state index contributed by atoms with van der Waals surface area (Å²) in [5, 5.41) is 31.6. The Bertz CT molecular complexity index is 2670. The Balaban J connectivity index is 1.11. The van der Waals surface area contributed by atoms with Gasteiger partial charge in [0, 0.05) is 54.3 Å². The molecule has 1 saturated carbocycles. The molecule has 0 bridgehead atoms. The second-order valence-corrected chi connectivity index (χ2v) is 25.5. The standard InChI is InChI=1S/C53H68ClN5O9Si/c1-52(2,3)67-50(63)57-36-18-20-37(21-19-36)59(51(64)65)43-28-33(17-22-38(43)34-15-11-10-12-16-34)14-13-27-56-49(62)41-30-45(66-7)35(29-42(41)54)31-55-32-46(68-69(8,9)53(4,5)6)39-23-25-44(60)48-40(39)24-26-47(61)58-48/h10-12,15-17,22-26,28-30,36-37,46,55,60H,13-14,18-21,27,31-32H2,1-9H3,(H,56,62)(H,57,63)(H,58,61)(H,64,65)/t36?,37?,46-/m0/s1. The first kappa shape index (κ1) is 52.5. The van der Waals surface area contributed by atoms with E-state index in [2.05, 4.69) is 54.8 Å². The molecule has 6 N–H and O–H groups in total. The van der Waals surface area contributed by atoms with Gasteiger partial charge in [0.2, 0.25) is 5.56 Å². The number of aromatic hydroxyl groups is 1. The Morgan fingerprint density at radius 1 is 0.928 bits per heavy atom. The third-order valence-electron chi connectivity index (χ3n) is 13.1. The van der Waals surface area contributed by atoms with E-state index in [9.17, 15) is 29.4 Å². The molecule has 0 spiro atoms. The number of H-pyrrole nitrogens is 1. The molecule has 1 fully saturated rings. The predicted octanol–water partition coefficient (Wildman–Crippen LogP) is 11.1. The normalized spacial score (nSPS) is 15.9. The highest BCUT2D eigenvalue weighted by molar-refractivity contribution is 6.74. The number of fused-ring (bicyclic) bond motifs is 1. The van der Waals surface area contributed by atoms with Crippen molar-refractivity contribution in [3.05, 3.63) is 123 Å². The second kappa shape index (κ2) is 22.3. The lowest BCUT2D eigenvalue weighted by atomic mass is 9.89. The van der Waals surface area contributed by atoms with Gasteiger partial charge >= 0.3 is 12.2 Å². The minimum Gasteiger partial charge on any atom is -0.506 e. The molecule has 4 aromatic carbocycles. The molecule has 14 nitrogen and oxygen atoms in total. The summed E-state index contributed by atoms with van der Waals surface area (Å²) in [4.78, 5) is 55.6. The van der Waals surface area contributed by atoms with Crippen LogP contribution in [0.3, 0.4) is 0 Å². The summed E-state index contributed by atoms with van der Waals surface area (Å²) in [5.74, 6) is 0.101. The number of phenols is 1. The average Bonchev–Trinajstić information content (AvgIpc) is 3.27. The average molecular weight is 983 g/mol. The number of carbonyl (C=O) groups is 3. The van der Waals surface area contributed by atoms with Crippen LogP contribution < -0.4 is 31.1 Å². The number of aromatic nitrogens is 1. The largest absolute Gasteiger partial charge is 0.506 e. The predicted molar refractivity (Wildman–Crippen MR) is 275 cm³/mol. The van der Waals surface area contributed by atoms with Gasteiger partial charge in [-0.1, -0.05) is 80.9 Å². The fraction of sp³-hybridized carbons (Fsp3) is 0.434. The molecule has 1 aromatic heterocycles. The highest BCUT2D eigenvalue weighted by Gasteiger charge is 2.40. The van der Waals surface area contributed by atoms with Crippen LogP contribution in [0.5, 0.6) is 11.5 Å². The van der Waals surface area contributed by atoms with Crippen molar-refractivity contribution in [1.29, 1.82) is 0 Å². The van der Waals surface area contributed by atoms with Gasteiger partial charge in [-0.3, -0.25) is 14.5 Å². The zero-order valence-corrected chi connectivity index (χ0v) is 43.0. The number of carbonyl (C=O) groups excluding carboxylic acids is 2. The number of nitrogens with zero attached hydrogens (tertiary/aromatic N) is 1. The van der Waals surface area contributed by atoms with Gasteiger partial charge in [0.05, 0.1) is 35.0 Å². The fourth-order valence-corrected chi connectivity index (χ4v) is 10.1. The number of halogens is 1. The van der Waals surface area contributed by atoms with E-state index in [4.69, 9.17) is 25.5 Å². The van der Waals surface area contributed by atoms with E-state index in [0.29, 0.717) is 80.5 Å². The van der Waals surface area contributed by atoms with Gasteiger partial charge in [-0.2, -0.15) is 0 Å². The summed E-state index contributed by atoms with van der Waals surface area (Å²) >= 11 is 6.79. The maximum atomic E-state index is 13.6. The topological polar surface area (TPSA) is 192 Å². The summed E-state index contributed by atoms with van der Waals surface area (Å²) < 4.78 is 18.2. The number of aryl methyl sites for hydroxylation is 1. The first-order chi connectivity index (χ1) is 32.5. The van der Waals surface area contributed by atoms with Gasteiger partial charge in [0.25, 0.3) is 5.91 Å². The molecule has 1 aliphatic rings. The Kier molecular flexibility index (Phi) is 16.9. The minimum absolute atomic E-state index is 0.0241. The van der Waals surface area contributed by atoms with Crippen molar-refractivity contribution in [2.75, 3.05) is 25.1 Å². The van der Waals surface area contributed by atoms with Crippen molar-refractivity contribution in [3.63, 3.8) is 0 Å². The molecule has 6 rings (SSSR count). The van der Waals surface area contributed by atoms with Gasteiger partial charge in [-0.05, 0) is 124 Å². The molecule has 0 saturated heterocycles. The molecule has 1 aliphatic carbocycles. The van der Waals surface area contributed by atoms with E-state index in [1.165, 1.54) is 11.0 Å². The van der Waals surface area contributed by atoms with E-state index in [-0.39, 0.29) is 44.9 Å². The zero-order chi connectivity index (χ0) is 50.3. The van der Waals surface area contributed by atoms with Gasteiger partial charge in [-0.15, -0.1) is 0 Å². The summed E-state index contributed by atoms with van der Waals surface area (Å²) in [7, 11) is -0.777. The van der Waals surface area contributed by atoms with Gasteiger partial charge < -0.3 is 45.0 Å². The molecule has 1 heterocycles. The van der Waals surface area contributed by atoms with Crippen LogP contribution in [0.25, 0.3) is 22.0 Å². The number of hydrogen-bond acceptors (Lipinski definition) is 9. The Hall–Kier alpha value is -5.87. The molecule has 370 valence electrons. The fourth-order valence-electron chi connectivity index (χ4n) is 8.51. The number of ether oxygens (including phenoxy) is 2. The lowest BCUT2D eigenvalue weighted by molar-refractivity contribution is 0.0490. The third kappa shape index (κ3) is 13.5. The molecule has 16 heteroatoms. The van der Waals surface area contributed by atoms with Crippen molar-refractivity contribution in [3.8, 4) is 22.6 Å². The maximum absolute atomic E-state index is 13.6. The summed E-state index contributed by atoms with van der Waals surface area (Å²) in [6.45, 7) is 17.4. The van der Waals surface area contributed by atoms with Crippen LogP contribution in [0, 0.1) is 0 Å². The molecule has 0 radical (unpaired) electrons. The molecule has 69 heavy (non-hydrogen) atoms. The quantitative estimate of drug-likeness (QED) is 0.0386. The highest BCUT2D eigenvalue weighted by Crippen LogP contribution is 2.42. The van der Waals surface area contributed by atoms with Crippen LogP contribution in [0.4, 0.5) is 15.3 Å². The number of amides is 3. The van der Waals surface area contributed by atoms with Crippen LogP contribution in [0.1, 0.15) is 107 Å². The molecule has 0 unspecified atom stereocenters. The highest BCUT2D eigenvalue weighted by atomic mass is 35.5. The van der Waals surface area contributed by atoms with Crippen molar-refractivity contribution in [2.24, 2.45) is 0 Å². The van der Waals surface area contributed by atoms with Crippen molar-refractivity contribution < 1.29 is 38.5 Å². The molecular weight excluding hydrogens is 914 g/mol. The monoisotopic (exact) mass is 981 g/mol. The maximum Gasteiger partial charge on any atom is 0.412 e. The van der Waals surface area contributed by atoms with Crippen LogP contribution in [-0.4, -0.2) is 79.5 Å². The number of aromatic amines is 1. The second-order valence-electron chi connectivity index (χ2n) is 20.3. The summed E-state index contributed by atoms with van der Waals surface area (Å²) in [6, 6.07) is 25.1. The Morgan fingerprint density at radius 3 is 2.29 bits per heavy atom. The number of carboxylic acid groups (broad SMARTS) is 1. The van der Waals surface area contributed by atoms with Gasteiger partial charge in [0.15, 0.2) is 8.32 Å². The van der Waals surface area contributed by atoms with Crippen LogP contribution in [-0.2, 0) is 22.1 Å². The smallest absolute Gasteiger partial charge is 0.412 e. The number of benzene rings is 4. The lowest BCUT2D eigenvalue weighted by Gasteiger charge is -2.39. The molecule has 0 aliphatic heterocycles. The lowest BCUT2D eigenvalue weighted by Crippen LogP contribution is -2.47. The number of rotatable bonds is 17. The van der Waals surface area contributed by atoms with Crippen molar-refractivity contribution in [1.82, 2.24) is 20.9 Å². The SMILES string of the molecule is COc1cc(C(=O)NCCCc2ccc(-c3ccccc3)c(N(C(=O)O)C3CCC(NC(=O)OC(C)(C)C)CC3)c2)c(Cl)cc1CNC[C@H](O[Si](C)(C)C(C)(C)C)c1ccc(O)c2[nH]c(=O)ccc12. The van der Waals surface area contributed by atoms with E-state index >= 15 is 0 Å². The van der Waals surface area contributed by atoms with E-state index in [1.807, 2.05) is 75.4 Å². The Labute approximate surface area is 411 Å². The number of phenolic OH excluding ortho intramolecular Hbond substituents is 1. The first-order valence-corrected chi connectivity index (χ1v) is 26.9. The number of nitrogens with one attached hydrogen (secondary N) is 4. The van der Waals surface area contributed by atoms with E-state index < -0.39 is 32.2 Å². The third-order valence-corrected chi connectivity index (χ3v) is 17.9. The number of pyridine rings is 1. The van der Waals surface area contributed by atoms with Crippen molar-refractivity contribution in [2.45, 2.75) is 129 Å². The number of hydrogen-bond donors (Lipinski definition) is 6. The van der Waals surface area contributed by atoms with Crippen LogP contribution in [0.2, 0.25) is 23.2 Å². The number of anilines is 1. The number of methoxy groups -OCH3 is 1. The van der Waals surface area contributed by atoms with E-state index in [0.717, 1.165) is 27.8 Å². The van der Waals surface area contributed by atoms with E-state index in [1.54, 1.807) is 31.4 Å². The molecular formula is C53H68ClN5O9Si. The molecule has 3 amide bonds. The summed E-state index contributed by atoms with van der Waals surface area (Å²) in [6.07, 6.45) is 1.56. The van der Waals surface area contributed by atoms with Crippen LogP contribution in [0.15, 0.2) is 89.7 Å². The van der Waals surface area contributed by atoms with Crippen molar-refractivity contribution >= 4 is 54.6 Å². The Morgan fingerprint density at radius 2 is 1.64 bits per heavy atom. The van der Waals surface area contributed by atoms with Gasteiger partial charge in [-0.25, -0.2) is 9.59 Å². The molecule has 5 aromatic rings. The van der Waals surface area contributed by atoms with Crippen LogP contribution >= 0.6 is 11.6 Å². The van der Waals surface area contributed by atoms with Gasteiger partial charge in [0.1, 0.15) is 17.1 Å². The minimum atomic E-state index is -2.32. The molecule has 1 atom stereocenters. The summed E-state index contributed by atoms with van der Waals surface area (Å²) in [5.41, 5.74) is 4.46.